The largest absolute Gasteiger partial charge is 1.00 e. The Kier molecular flexibility index (Phi) is 13.9. The van der Waals surface area contributed by atoms with Crippen LogP contribution in [0.25, 0.3) is 0 Å². The van der Waals surface area contributed by atoms with E-state index in [1.165, 1.54) is 0 Å². The van der Waals surface area contributed by atoms with Gasteiger partial charge in [0.2, 0.25) is 16.3 Å². The van der Waals surface area contributed by atoms with Crippen molar-refractivity contribution < 1.29 is 131 Å². The average molecular weight is 521 g/mol. The van der Waals surface area contributed by atoms with E-state index in [0.29, 0.717) is 0 Å². The summed E-state index contributed by atoms with van der Waals surface area (Å²) in [6.45, 7) is -0.0542. The quantitative estimate of drug-likeness (QED) is 0.103. The number of carboxylic acids is 1. The summed E-state index contributed by atoms with van der Waals surface area (Å²) in [4.78, 5) is 22.5. The van der Waals surface area contributed by atoms with Crippen molar-refractivity contribution in [2.45, 2.75) is 68.3 Å². The summed E-state index contributed by atoms with van der Waals surface area (Å²) >= 11 is 0. The van der Waals surface area contributed by atoms with Crippen molar-refractivity contribution in [3.63, 3.8) is 0 Å². The second-order valence-corrected chi connectivity index (χ2v) is 7.84. The van der Waals surface area contributed by atoms with Gasteiger partial charge in [-0.25, -0.2) is 8.42 Å². The molecule has 0 saturated carbocycles. The first-order valence-corrected chi connectivity index (χ1v) is 10.0. The van der Waals surface area contributed by atoms with Gasteiger partial charge in [0.15, 0.2) is 12.6 Å². The maximum absolute atomic E-state index is 11.4. The van der Waals surface area contributed by atoms with Crippen LogP contribution >= 0.6 is 0 Å². The van der Waals surface area contributed by atoms with Gasteiger partial charge in [0, 0.05) is 6.92 Å². The summed E-state index contributed by atoms with van der Waals surface area (Å²) in [5.74, 6) is -2.72. The Morgan fingerprint density at radius 2 is 1.58 bits per heavy atom. The molecule has 6 N–H and O–H groups in total. The number of hydrogen-bond donors (Lipinski definition) is 6. The predicted molar refractivity (Wildman–Crippen MR) is 86.7 cm³/mol. The summed E-state index contributed by atoms with van der Waals surface area (Å²) in [6, 6.07) is -1.58. The fourth-order valence-electron chi connectivity index (χ4n) is 3.08. The molecule has 10 atom stereocenters. The number of aliphatic hydroxyl groups excluding tert-OH is 5. The molecule has 2 fully saturated rings. The Labute approximate surface area is 231 Å². The minimum absolute atomic E-state index is 0. The number of rotatable bonds is 7. The van der Waals surface area contributed by atoms with Crippen molar-refractivity contribution >= 4 is 22.3 Å². The molecule has 0 radical (unpaired) electrons. The number of carboxylic acid groups (broad SMARTS) is 1. The van der Waals surface area contributed by atoms with E-state index in [0.717, 1.165) is 6.92 Å². The van der Waals surface area contributed by atoms with Crippen molar-refractivity contribution in [2.75, 3.05) is 6.61 Å². The van der Waals surface area contributed by atoms with Gasteiger partial charge in [0.05, 0.1) is 12.6 Å². The summed E-state index contributed by atoms with van der Waals surface area (Å²) in [5.41, 5.74) is 0. The molecule has 2 saturated heterocycles. The maximum Gasteiger partial charge on any atom is 1.00 e. The van der Waals surface area contributed by atoms with Crippen molar-refractivity contribution in [3.05, 3.63) is 0 Å². The maximum atomic E-state index is 11.4. The Hall–Kier alpha value is 0.490. The number of nitrogens with one attached hydrogen (secondary N) is 1. The van der Waals surface area contributed by atoms with Crippen molar-refractivity contribution in [3.8, 4) is 0 Å². The molecular weight excluding hydrogens is 500 g/mol. The molecule has 2 aliphatic heterocycles. The van der Waals surface area contributed by atoms with Crippen LogP contribution in [-0.4, -0.2) is 118 Å². The van der Waals surface area contributed by atoms with Gasteiger partial charge in [-0.05, 0) is 0 Å². The van der Waals surface area contributed by atoms with E-state index in [9.17, 15) is 53.2 Å². The fourth-order valence-corrected chi connectivity index (χ4v) is 3.38. The SMILES string of the molecule is CC(=O)NC1C(O)OC(COS(=O)(=O)[O-])C(O)C1OC1OC(C(=O)[O-])C(O)C(O)C1O.[Na+].[Na+]. The number of aliphatic hydroxyl groups is 5. The summed E-state index contributed by atoms with van der Waals surface area (Å²) in [5, 5.41) is 63.4. The van der Waals surface area contributed by atoms with E-state index >= 15 is 0 Å². The zero-order valence-corrected chi connectivity index (χ0v) is 22.5. The van der Waals surface area contributed by atoms with Gasteiger partial charge in [-0.1, -0.05) is 0 Å². The Morgan fingerprint density at radius 1 is 1.00 bits per heavy atom. The molecule has 2 rings (SSSR count). The van der Waals surface area contributed by atoms with Gasteiger partial charge in [-0.3, -0.25) is 8.98 Å². The molecule has 2 heterocycles. The van der Waals surface area contributed by atoms with E-state index < -0.39 is 90.2 Å². The van der Waals surface area contributed by atoms with Crippen molar-refractivity contribution in [1.82, 2.24) is 5.32 Å². The standard InChI is InChI=1S/C14H23NO15S.2Na/c1-3(16)15-5-10(6(17)4(28-13(5)23)2-27-31(24,25)26)29-14-9(20)7(18)8(19)11(30-14)12(21)22;;/h4-11,13-14,17-20,23H,2H2,1H3,(H,15,16)(H,21,22)(H,24,25,26);;/q;2*+1/p-2. The normalized spacial score (nSPS) is 39.0. The molecule has 0 aliphatic carbocycles. The van der Waals surface area contributed by atoms with Crippen LogP contribution in [0.2, 0.25) is 0 Å². The van der Waals surface area contributed by atoms with E-state index in [1.54, 1.807) is 0 Å². The zero-order chi connectivity index (χ0) is 23.7. The van der Waals surface area contributed by atoms with E-state index in [-0.39, 0.29) is 59.1 Å². The molecule has 33 heavy (non-hydrogen) atoms. The minimum Gasteiger partial charge on any atom is -0.726 e. The van der Waals surface area contributed by atoms with E-state index in [1.807, 2.05) is 0 Å². The number of ether oxygens (including phenoxy) is 3. The second kappa shape index (κ2) is 13.7. The first-order valence-electron chi connectivity index (χ1n) is 8.68. The van der Waals surface area contributed by atoms with Gasteiger partial charge in [0.25, 0.3) is 0 Å². The van der Waals surface area contributed by atoms with Crippen LogP contribution in [0.1, 0.15) is 6.92 Å². The number of carbonyl (C=O) groups excluding carboxylic acids is 2. The molecular formula is C14H21NNa2O15S. The van der Waals surface area contributed by atoms with Gasteiger partial charge in [-0.2, -0.15) is 0 Å². The van der Waals surface area contributed by atoms with Crippen LogP contribution in [0, 0.1) is 0 Å². The van der Waals surface area contributed by atoms with Crippen molar-refractivity contribution in [1.29, 1.82) is 0 Å². The van der Waals surface area contributed by atoms with E-state index in [2.05, 4.69) is 9.50 Å². The minimum atomic E-state index is -5.21. The fraction of sp³-hybridized carbons (Fsp3) is 0.857. The van der Waals surface area contributed by atoms with Crippen LogP contribution in [0.4, 0.5) is 0 Å². The third-order valence-corrected chi connectivity index (χ3v) is 4.96. The Bertz CT molecular complexity index is 772. The monoisotopic (exact) mass is 521 g/mol. The predicted octanol–water partition coefficient (Wildman–Crippen LogP) is -13.0. The van der Waals surface area contributed by atoms with Crippen LogP contribution in [0.5, 0.6) is 0 Å². The average Bonchev–Trinajstić information content (AvgIpc) is 2.64. The van der Waals surface area contributed by atoms with Crippen LogP contribution in [-0.2, 0) is 38.4 Å². The van der Waals surface area contributed by atoms with E-state index in [4.69, 9.17) is 14.2 Å². The van der Waals surface area contributed by atoms with Gasteiger partial charge in [0.1, 0.15) is 48.8 Å². The molecule has 10 unspecified atom stereocenters. The van der Waals surface area contributed by atoms with Gasteiger partial charge in [-0.15, -0.1) is 0 Å². The first-order chi connectivity index (χ1) is 14.2. The second-order valence-electron chi connectivity index (χ2n) is 6.79. The van der Waals surface area contributed by atoms with Gasteiger partial charge < -0.3 is 59.5 Å². The summed E-state index contributed by atoms with van der Waals surface area (Å²) in [6.07, 6.45) is -17.8. The topological polar surface area (TPSA) is 264 Å². The number of hydrogen-bond acceptors (Lipinski definition) is 15. The Morgan fingerprint density at radius 3 is 2.06 bits per heavy atom. The molecule has 19 heteroatoms. The molecule has 0 aromatic rings. The van der Waals surface area contributed by atoms with Gasteiger partial charge >= 0.3 is 59.1 Å². The van der Waals surface area contributed by atoms with Crippen LogP contribution < -0.4 is 69.5 Å². The summed E-state index contributed by atoms with van der Waals surface area (Å²) in [7, 11) is -5.21. The molecule has 16 nitrogen and oxygen atoms in total. The molecule has 0 bridgehead atoms. The van der Waals surface area contributed by atoms with Crippen LogP contribution in [0.3, 0.4) is 0 Å². The number of aliphatic carboxylic acids is 1. The molecule has 2 aliphatic rings. The third-order valence-electron chi connectivity index (χ3n) is 4.53. The zero-order valence-electron chi connectivity index (χ0n) is 17.7. The smallest absolute Gasteiger partial charge is 0.726 e. The third kappa shape index (κ3) is 8.83. The first kappa shape index (κ1) is 33.5. The molecule has 1 amide bonds. The molecule has 0 spiro atoms. The number of carbonyl (C=O) groups is 2. The van der Waals surface area contributed by atoms with Crippen molar-refractivity contribution in [2.24, 2.45) is 0 Å². The number of amides is 1. The molecule has 180 valence electrons. The summed E-state index contributed by atoms with van der Waals surface area (Å²) < 4.78 is 51.0. The molecule has 0 aromatic heterocycles. The molecule has 0 aromatic carbocycles. The Balaban J connectivity index is 0.00000512. The van der Waals surface area contributed by atoms with Crippen LogP contribution in [0.15, 0.2) is 0 Å².